The zero-order chi connectivity index (χ0) is 19.5. The number of carbonyl (C=O) groups is 1. The Morgan fingerprint density at radius 2 is 2.00 bits per heavy atom. The lowest BCUT2D eigenvalue weighted by molar-refractivity contribution is -0.125. The molecule has 0 aliphatic carbocycles. The molecule has 0 radical (unpaired) electrons. The van der Waals surface area contributed by atoms with E-state index in [9.17, 15) is 4.79 Å². The van der Waals surface area contributed by atoms with Crippen molar-refractivity contribution in [3.8, 4) is 34.3 Å². The molecule has 4 rings (SSSR count). The van der Waals surface area contributed by atoms with Crippen molar-refractivity contribution in [1.82, 2.24) is 4.98 Å². The monoisotopic (exact) mass is 398 g/mol. The van der Waals surface area contributed by atoms with E-state index < -0.39 is 6.10 Å². The molecular weight excluding hydrogens is 380 g/mol. The van der Waals surface area contributed by atoms with Crippen LogP contribution in [0.3, 0.4) is 0 Å². The van der Waals surface area contributed by atoms with Crippen molar-refractivity contribution in [2.45, 2.75) is 6.10 Å². The number of methoxy groups -OCH3 is 2. The maximum absolute atomic E-state index is 12.6. The first-order chi connectivity index (χ1) is 13.7. The van der Waals surface area contributed by atoms with Gasteiger partial charge in [0.25, 0.3) is 5.91 Å². The first-order valence-corrected chi connectivity index (χ1v) is 9.43. The SMILES string of the molecule is COc1ccc(OC)c(-c2csc(NC(=O)[C@@H]3COc4ccccc4O3)n2)c1. The van der Waals surface area contributed by atoms with Gasteiger partial charge in [0.1, 0.15) is 18.1 Å². The number of carbonyl (C=O) groups excluding carboxylic acids is 1. The summed E-state index contributed by atoms with van der Waals surface area (Å²) in [5.41, 5.74) is 1.46. The van der Waals surface area contributed by atoms with E-state index in [1.54, 1.807) is 26.4 Å². The van der Waals surface area contributed by atoms with E-state index in [0.29, 0.717) is 33.8 Å². The molecule has 0 bridgehead atoms. The number of hydrogen-bond acceptors (Lipinski definition) is 7. The molecule has 0 spiro atoms. The fraction of sp³-hybridized carbons (Fsp3) is 0.200. The standard InChI is InChI=1S/C20H18N2O5S/c1-24-12-7-8-15(25-2)13(9-12)14-11-28-20(21-14)22-19(23)18-10-26-16-5-3-4-6-17(16)27-18/h3-9,11,18H,10H2,1-2H3,(H,21,22,23)/t18-/m0/s1. The van der Waals surface area contributed by atoms with Crippen molar-refractivity contribution < 1.29 is 23.7 Å². The zero-order valence-electron chi connectivity index (χ0n) is 15.3. The number of rotatable bonds is 5. The van der Waals surface area contributed by atoms with Crippen LogP contribution in [0.5, 0.6) is 23.0 Å². The fourth-order valence-electron chi connectivity index (χ4n) is 2.80. The van der Waals surface area contributed by atoms with E-state index in [1.807, 2.05) is 35.7 Å². The van der Waals surface area contributed by atoms with Crippen molar-refractivity contribution >= 4 is 22.4 Å². The van der Waals surface area contributed by atoms with Gasteiger partial charge in [0.05, 0.1) is 19.9 Å². The van der Waals surface area contributed by atoms with Crippen LogP contribution in [0.2, 0.25) is 0 Å². The summed E-state index contributed by atoms with van der Waals surface area (Å²) in [7, 11) is 3.20. The Kier molecular flexibility index (Phi) is 5.03. The summed E-state index contributed by atoms with van der Waals surface area (Å²) >= 11 is 1.32. The number of nitrogens with zero attached hydrogens (tertiary/aromatic N) is 1. The molecule has 1 aliphatic heterocycles. The van der Waals surface area contributed by atoms with E-state index in [-0.39, 0.29) is 12.5 Å². The zero-order valence-corrected chi connectivity index (χ0v) is 16.1. The maximum atomic E-state index is 12.6. The lowest BCUT2D eigenvalue weighted by Crippen LogP contribution is -2.40. The number of para-hydroxylation sites is 2. The third-order valence-corrected chi connectivity index (χ3v) is 4.98. The highest BCUT2D eigenvalue weighted by molar-refractivity contribution is 7.14. The second-order valence-electron chi connectivity index (χ2n) is 5.96. The average molecular weight is 398 g/mol. The Morgan fingerprint density at radius 1 is 1.18 bits per heavy atom. The van der Waals surface area contributed by atoms with Crippen LogP contribution in [0.15, 0.2) is 47.8 Å². The molecule has 1 aromatic heterocycles. The van der Waals surface area contributed by atoms with Crippen LogP contribution >= 0.6 is 11.3 Å². The van der Waals surface area contributed by atoms with Crippen molar-refractivity contribution in [2.75, 3.05) is 26.1 Å². The van der Waals surface area contributed by atoms with Gasteiger partial charge in [-0.2, -0.15) is 0 Å². The minimum absolute atomic E-state index is 0.144. The summed E-state index contributed by atoms with van der Waals surface area (Å²) < 4.78 is 22.0. The Hall–Kier alpha value is -3.26. The molecule has 0 unspecified atom stereocenters. The Labute approximate surface area is 165 Å². The molecule has 1 amide bonds. The van der Waals surface area contributed by atoms with Crippen molar-refractivity contribution in [3.05, 3.63) is 47.8 Å². The molecule has 2 heterocycles. The van der Waals surface area contributed by atoms with Crippen molar-refractivity contribution in [1.29, 1.82) is 0 Å². The summed E-state index contributed by atoms with van der Waals surface area (Å²) in [5, 5.41) is 5.10. The van der Waals surface area contributed by atoms with Gasteiger partial charge in [-0.05, 0) is 30.3 Å². The van der Waals surface area contributed by atoms with Gasteiger partial charge in [0, 0.05) is 10.9 Å². The van der Waals surface area contributed by atoms with Gasteiger partial charge in [-0.3, -0.25) is 10.1 Å². The Bertz CT molecular complexity index is 1000. The fourth-order valence-corrected chi connectivity index (χ4v) is 3.52. The number of benzene rings is 2. The topological polar surface area (TPSA) is 78.9 Å². The number of anilines is 1. The minimum Gasteiger partial charge on any atom is -0.497 e. The van der Waals surface area contributed by atoms with Gasteiger partial charge in [-0.25, -0.2) is 4.98 Å². The number of thiazole rings is 1. The van der Waals surface area contributed by atoms with Crippen LogP contribution in [0, 0.1) is 0 Å². The number of amides is 1. The van der Waals surface area contributed by atoms with E-state index in [1.165, 1.54) is 11.3 Å². The van der Waals surface area contributed by atoms with Crippen LogP contribution in [0.1, 0.15) is 0 Å². The van der Waals surface area contributed by atoms with Gasteiger partial charge >= 0.3 is 0 Å². The van der Waals surface area contributed by atoms with E-state index in [0.717, 1.165) is 5.56 Å². The van der Waals surface area contributed by atoms with Gasteiger partial charge in [-0.15, -0.1) is 11.3 Å². The molecule has 28 heavy (non-hydrogen) atoms. The first kappa shape index (κ1) is 18.1. The molecule has 1 N–H and O–H groups in total. The summed E-state index contributed by atoms with van der Waals surface area (Å²) in [6, 6.07) is 12.7. The van der Waals surface area contributed by atoms with Crippen molar-refractivity contribution in [2.24, 2.45) is 0 Å². The summed E-state index contributed by atoms with van der Waals surface area (Å²) in [5.74, 6) is 2.24. The van der Waals surface area contributed by atoms with E-state index in [4.69, 9.17) is 18.9 Å². The predicted octanol–water partition coefficient (Wildman–Crippen LogP) is 3.61. The molecule has 1 aliphatic rings. The highest BCUT2D eigenvalue weighted by Crippen LogP contribution is 2.35. The van der Waals surface area contributed by atoms with E-state index in [2.05, 4.69) is 10.3 Å². The quantitative estimate of drug-likeness (QED) is 0.707. The molecule has 3 aromatic rings. The summed E-state index contributed by atoms with van der Waals surface area (Å²) in [6.07, 6.45) is -0.742. The molecule has 7 nitrogen and oxygen atoms in total. The second-order valence-corrected chi connectivity index (χ2v) is 6.82. The number of nitrogens with one attached hydrogen (secondary N) is 1. The third kappa shape index (κ3) is 3.59. The van der Waals surface area contributed by atoms with Crippen LogP contribution in [-0.4, -0.2) is 37.8 Å². The second kappa shape index (κ2) is 7.77. The van der Waals surface area contributed by atoms with Crippen molar-refractivity contribution in [3.63, 3.8) is 0 Å². The number of fused-ring (bicyclic) bond motifs is 1. The molecule has 8 heteroatoms. The lowest BCUT2D eigenvalue weighted by Gasteiger charge is -2.25. The van der Waals surface area contributed by atoms with Gasteiger partial charge in [0.2, 0.25) is 6.10 Å². The minimum atomic E-state index is -0.742. The predicted molar refractivity (Wildman–Crippen MR) is 106 cm³/mol. The Balaban J connectivity index is 1.49. The number of hydrogen-bond donors (Lipinski definition) is 1. The maximum Gasteiger partial charge on any atom is 0.270 e. The molecule has 0 saturated heterocycles. The summed E-state index contributed by atoms with van der Waals surface area (Å²) in [4.78, 5) is 17.1. The van der Waals surface area contributed by atoms with Gasteiger partial charge < -0.3 is 18.9 Å². The molecule has 144 valence electrons. The molecule has 1 atom stereocenters. The van der Waals surface area contributed by atoms with E-state index >= 15 is 0 Å². The highest BCUT2D eigenvalue weighted by atomic mass is 32.1. The van der Waals surface area contributed by atoms with Crippen LogP contribution in [-0.2, 0) is 4.79 Å². The Morgan fingerprint density at radius 3 is 2.79 bits per heavy atom. The van der Waals surface area contributed by atoms with Crippen LogP contribution in [0.4, 0.5) is 5.13 Å². The van der Waals surface area contributed by atoms with Crippen LogP contribution < -0.4 is 24.3 Å². The number of ether oxygens (including phenoxy) is 4. The molecule has 0 fully saturated rings. The average Bonchev–Trinajstić information content (AvgIpc) is 3.21. The summed E-state index contributed by atoms with van der Waals surface area (Å²) in [6.45, 7) is 0.144. The molecule has 2 aromatic carbocycles. The van der Waals surface area contributed by atoms with Gasteiger partial charge in [-0.1, -0.05) is 12.1 Å². The van der Waals surface area contributed by atoms with Gasteiger partial charge in [0.15, 0.2) is 16.6 Å². The third-order valence-electron chi connectivity index (χ3n) is 4.22. The smallest absolute Gasteiger partial charge is 0.270 e. The molecule has 0 saturated carbocycles. The van der Waals surface area contributed by atoms with Crippen LogP contribution in [0.25, 0.3) is 11.3 Å². The first-order valence-electron chi connectivity index (χ1n) is 8.55. The largest absolute Gasteiger partial charge is 0.497 e. The normalized spacial score (nSPS) is 15.0. The number of aromatic nitrogens is 1. The highest BCUT2D eigenvalue weighted by Gasteiger charge is 2.28. The lowest BCUT2D eigenvalue weighted by atomic mass is 10.1. The molecular formula is C20H18N2O5S.